The first-order chi connectivity index (χ1) is 5.86. The fourth-order valence-electron chi connectivity index (χ4n) is 2.64. The lowest BCUT2D eigenvalue weighted by Crippen LogP contribution is -2.23. The molecule has 2 aliphatic rings. The molecule has 2 atom stereocenters. The molecule has 1 heterocycles. The van der Waals surface area contributed by atoms with E-state index in [-0.39, 0.29) is 5.91 Å². The van der Waals surface area contributed by atoms with Gasteiger partial charge in [-0.25, -0.2) is 0 Å². The second-order valence-electron chi connectivity index (χ2n) is 4.15. The lowest BCUT2D eigenvalue weighted by atomic mass is 9.76. The van der Waals surface area contributed by atoms with Crippen molar-refractivity contribution < 1.29 is 4.79 Å². The molecule has 12 heavy (non-hydrogen) atoms. The maximum absolute atomic E-state index is 11.2. The smallest absolute Gasteiger partial charge is 0.220 e. The Balaban J connectivity index is 2.01. The Kier molecular flexibility index (Phi) is 2.33. The highest BCUT2D eigenvalue weighted by Gasteiger charge is 2.28. The largest absolute Gasteiger partial charge is 0.356 e. The van der Waals surface area contributed by atoms with Gasteiger partial charge in [0.25, 0.3) is 0 Å². The topological polar surface area (TPSA) is 29.1 Å². The highest BCUT2D eigenvalue weighted by Crippen LogP contribution is 2.35. The fraction of sp³-hybridized carbons (Fsp3) is 0.900. The molecule has 1 amide bonds. The zero-order valence-electron chi connectivity index (χ0n) is 7.51. The van der Waals surface area contributed by atoms with E-state index in [1.54, 1.807) is 0 Å². The van der Waals surface area contributed by atoms with Gasteiger partial charge in [0, 0.05) is 13.0 Å². The minimum Gasteiger partial charge on any atom is -0.356 e. The summed E-state index contributed by atoms with van der Waals surface area (Å²) in [6, 6.07) is 0. The van der Waals surface area contributed by atoms with Crippen molar-refractivity contribution in [2.24, 2.45) is 11.8 Å². The molecule has 68 valence electrons. The summed E-state index contributed by atoms with van der Waals surface area (Å²) in [5.74, 6) is 1.84. The van der Waals surface area contributed by atoms with Crippen molar-refractivity contribution in [3.8, 4) is 0 Å². The van der Waals surface area contributed by atoms with Gasteiger partial charge < -0.3 is 5.32 Å². The molecule has 0 aromatic heterocycles. The van der Waals surface area contributed by atoms with E-state index in [4.69, 9.17) is 0 Å². The molecule has 1 saturated carbocycles. The summed E-state index contributed by atoms with van der Waals surface area (Å²) in [5.41, 5.74) is 0. The SMILES string of the molecule is O=C1CC2CCCCC2CCN1. The third-order valence-corrected chi connectivity index (χ3v) is 3.35. The van der Waals surface area contributed by atoms with E-state index < -0.39 is 0 Å². The molecule has 0 radical (unpaired) electrons. The van der Waals surface area contributed by atoms with Crippen LogP contribution in [0.3, 0.4) is 0 Å². The fourth-order valence-corrected chi connectivity index (χ4v) is 2.64. The van der Waals surface area contributed by atoms with E-state index in [2.05, 4.69) is 5.32 Å². The Bertz CT molecular complexity index is 179. The van der Waals surface area contributed by atoms with Crippen LogP contribution in [-0.2, 0) is 4.79 Å². The number of amides is 1. The van der Waals surface area contributed by atoms with E-state index in [1.807, 2.05) is 0 Å². The van der Waals surface area contributed by atoms with Gasteiger partial charge >= 0.3 is 0 Å². The van der Waals surface area contributed by atoms with Crippen molar-refractivity contribution >= 4 is 5.91 Å². The minimum atomic E-state index is 0.282. The van der Waals surface area contributed by atoms with Crippen LogP contribution in [0.4, 0.5) is 0 Å². The van der Waals surface area contributed by atoms with E-state index in [1.165, 1.54) is 32.1 Å². The second-order valence-corrected chi connectivity index (χ2v) is 4.15. The first kappa shape index (κ1) is 8.09. The Hall–Kier alpha value is -0.530. The van der Waals surface area contributed by atoms with Crippen molar-refractivity contribution in [2.45, 2.75) is 38.5 Å². The summed E-state index contributed by atoms with van der Waals surface area (Å²) >= 11 is 0. The summed E-state index contributed by atoms with van der Waals surface area (Å²) < 4.78 is 0. The molecule has 2 nitrogen and oxygen atoms in total. The Morgan fingerprint density at radius 3 is 2.67 bits per heavy atom. The summed E-state index contributed by atoms with van der Waals surface area (Å²) in [6.45, 7) is 0.917. The third-order valence-electron chi connectivity index (χ3n) is 3.35. The van der Waals surface area contributed by atoms with Crippen LogP contribution in [0.15, 0.2) is 0 Å². The van der Waals surface area contributed by atoms with Crippen LogP contribution >= 0.6 is 0 Å². The molecule has 1 N–H and O–H groups in total. The second kappa shape index (κ2) is 3.46. The molecule has 1 saturated heterocycles. The number of hydrogen-bond donors (Lipinski definition) is 1. The van der Waals surface area contributed by atoms with Crippen molar-refractivity contribution in [1.82, 2.24) is 5.32 Å². The predicted octanol–water partition coefficient (Wildman–Crippen LogP) is 1.70. The molecule has 0 spiro atoms. The molecule has 1 aliphatic carbocycles. The van der Waals surface area contributed by atoms with Crippen molar-refractivity contribution in [3.05, 3.63) is 0 Å². The van der Waals surface area contributed by atoms with Gasteiger partial charge in [0.05, 0.1) is 0 Å². The molecule has 0 aromatic carbocycles. The van der Waals surface area contributed by atoms with Crippen LogP contribution in [0, 0.1) is 11.8 Å². The average Bonchev–Trinajstić information content (AvgIpc) is 2.25. The van der Waals surface area contributed by atoms with Gasteiger partial charge in [-0.3, -0.25) is 4.79 Å². The number of rotatable bonds is 0. The van der Waals surface area contributed by atoms with Gasteiger partial charge in [-0.15, -0.1) is 0 Å². The molecular formula is C10H17NO. The van der Waals surface area contributed by atoms with Gasteiger partial charge in [-0.05, 0) is 24.7 Å². The van der Waals surface area contributed by atoms with Crippen LogP contribution in [0.2, 0.25) is 0 Å². The Morgan fingerprint density at radius 1 is 1.08 bits per heavy atom. The summed E-state index contributed by atoms with van der Waals surface area (Å²) in [6.07, 6.45) is 7.39. The molecule has 2 rings (SSSR count). The highest BCUT2D eigenvalue weighted by molar-refractivity contribution is 5.76. The van der Waals surface area contributed by atoms with Gasteiger partial charge in [0.2, 0.25) is 5.91 Å². The molecule has 0 aromatic rings. The van der Waals surface area contributed by atoms with E-state index in [9.17, 15) is 4.79 Å². The predicted molar refractivity (Wildman–Crippen MR) is 47.7 cm³/mol. The first-order valence-electron chi connectivity index (χ1n) is 5.13. The molecular weight excluding hydrogens is 150 g/mol. The van der Waals surface area contributed by atoms with Crippen LogP contribution in [-0.4, -0.2) is 12.5 Å². The number of hydrogen-bond acceptors (Lipinski definition) is 1. The maximum atomic E-state index is 11.2. The van der Waals surface area contributed by atoms with E-state index in [0.717, 1.165) is 18.9 Å². The Morgan fingerprint density at radius 2 is 1.83 bits per heavy atom. The van der Waals surface area contributed by atoms with Crippen molar-refractivity contribution in [2.75, 3.05) is 6.54 Å². The molecule has 2 unspecified atom stereocenters. The number of carbonyl (C=O) groups excluding carboxylic acids is 1. The number of carbonyl (C=O) groups is 1. The normalized spacial score (nSPS) is 36.5. The monoisotopic (exact) mass is 167 g/mol. The van der Waals surface area contributed by atoms with E-state index in [0.29, 0.717) is 5.92 Å². The van der Waals surface area contributed by atoms with Crippen LogP contribution < -0.4 is 5.32 Å². The third kappa shape index (κ3) is 1.62. The lowest BCUT2D eigenvalue weighted by Gasteiger charge is -2.28. The minimum absolute atomic E-state index is 0.282. The van der Waals surface area contributed by atoms with Crippen LogP contribution in [0.25, 0.3) is 0 Å². The van der Waals surface area contributed by atoms with Gasteiger partial charge in [0.15, 0.2) is 0 Å². The molecule has 0 bridgehead atoms. The highest BCUT2D eigenvalue weighted by atomic mass is 16.1. The number of nitrogens with one attached hydrogen (secondary N) is 1. The van der Waals surface area contributed by atoms with Gasteiger partial charge in [-0.1, -0.05) is 19.3 Å². The quantitative estimate of drug-likeness (QED) is 0.584. The van der Waals surface area contributed by atoms with E-state index >= 15 is 0 Å². The Labute approximate surface area is 73.7 Å². The van der Waals surface area contributed by atoms with Gasteiger partial charge in [0.1, 0.15) is 0 Å². The van der Waals surface area contributed by atoms with Crippen molar-refractivity contribution in [1.29, 1.82) is 0 Å². The average molecular weight is 167 g/mol. The number of fused-ring (bicyclic) bond motifs is 1. The lowest BCUT2D eigenvalue weighted by molar-refractivity contribution is -0.121. The standard InChI is InChI=1S/C10H17NO/c12-10-7-9-4-2-1-3-8(9)5-6-11-10/h8-9H,1-7H2,(H,11,12). The summed E-state index contributed by atoms with van der Waals surface area (Å²) in [5, 5.41) is 2.96. The van der Waals surface area contributed by atoms with Crippen LogP contribution in [0.5, 0.6) is 0 Å². The molecule has 2 fully saturated rings. The zero-order chi connectivity index (χ0) is 8.39. The van der Waals surface area contributed by atoms with Gasteiger partial charge in [-0.2, -0.15) is 0 Å². The summed E-state index contributed by atoms with van der Waals surface area (Å²) in [4.78, 5) is 11.2. The molecule has 1 aliphatic heterocycles. The zero-order valence-corrected chi connectivity index (χ0v) is 7.51. The first-order valence-corrected chi connectivity index (χ1v) is 5.13. The maximum Gasteiger partial charge on any atom is 0.220 e. The van der Waals surface area contributed by atoms with Crippen molar-refractivity contribution in [3.63, 3.8) is 0 Å². The van der Waals surface area contributed by atoms with Crippen LogP contribution in [0.1, 0.15) is 38.5 Å². The summed E-state index contributed by atoms with van der Waals surface area (Å²) in [7, 11) is 0. The molecule has 2 heteroatoms.